The van der Waals surface area contributed by atoms with Gasteiger partial charge in [0.05, 0.1) is 11.1 Å². The summed E-state index contributed by atoms with van der Waals surface area (Å²) in [7, 11) is 0. The number of carboxylic acids is 2. The quantitative estimate of drug-likeness (QED) is 0.680. The van der Waals surface area contributed by atoms with Gasteiger partial charge in [-0.25, -0.2) is 9.59 Å². The molecule has 0 radical (unpaired) electrons. The number of carbonyl (C=O) groups is 2. The van der Waals surface area contributed by atoms with Crippen molar-refractivity contribution in [3.63, 3.8) is 0 Å². The minimum atomic E-state index is -0.925. The van der Waals surface area contributed by atoms with Gasteiger partial charge in [0.1, 0.15) is 0 Å². The summed E-state index contributed by atoms with van der Waals surface area (Å²) >= 11 is 0. The van der Waals surface area contributed by atoms with Crippen molar-refractivity contribution in [3.8, 4) is 0 Å². The molecule has 0 heterocycles. The molecule has 6 nitrogen and oxygen atoms in total. The van der Waals surface area contributed by atoms with Crippen LogP contribution in [0.2, 0.25) is 0 Å². The maximum Gasteiger partial charge on any atom is 0.336 e. The number of hydrogen-bond donors (Lipinski definition) is 4. The van der Waals surface area contributed by atoms with Crippen LogP contribution >= 0.6 is 0 Å². The van der Waals surface area contributed by atoms with Crippen LogP contribution in [0.25, 0.3) is 0 Å². The van der Waals surface area contributed by atoms with Crippen LogP contribution in [0.5, 0.6) is 0 Å². The molecule has 0 unspecified atom stereocenters. The zero-order chi connectivity index (χ0) is 16.5. The van der Waals surface area contributed by atoms with Crippen LogP contribution in [0, 0.1) is 0 Å². The van der Waals surface area contributed by atoms with Crippen molar-refractivity contribution in [2.75, 3.05) is 0 Å². The Labute approximate surface area is 128 Å². The Balaban J connectivity index is 0.000000220. The van der Waals surface area contributed by atoms with Gasteiger partial charge in [-0.1, -0.05) is 36.4 Å². The Hall–Kier alpha value is -2.70. The topological polar surface area (TPSA) is 127 Å². The first-order valence-corrected chi connectivity index (χ1v) is 6.53. The molecule has 0 amide bonds. The molecule has 0 atom stereocenters. The van der Waals surface area contributed by atoms with Crippen LogP contribution in [0.3, 0.4) is 0 Å². The largest absolute Gasteiger partial charge is 0.478 e. The van der Waals surface area contributed by atoms with Gasteiger partial charge in [-0.05, 0) is 23.3 Å². The summed E-state index contributed by atoms with van der Waals surface area (Å²) in [5.74, 6) is -1.85. The van der Waals surface area contributed by atoms with Crippen LogP contribution in [0.4, 0.5) is 0 Å². The molecule has 22 heavy (non-hydrogen) atoms. The zero-order valence-electron chi connectivity index (χ0n) is 11.9. The van der Waals surface area contributed by atoms with E-state index in [2.05, 4.69) is 0 Å². The minimum absolute atomic E-state index is 0.266. The van der Waals surface area contributed by atoms with Gasteiger partial charge in [0.2, 0.25) is 0 Å². The second kappa shape index (κ2) is 8.56. The molecule has 0 aliphatic heterocycles. The normalized spacial score (nSPS) is 9.55. The Kier molecular flexibility index (Phi) is 6.75. The lowest BCUT2D eigenvalue weighted by Gasteiger charge is -2.00. The van der Waals surface area contributed by atoms with Crippen molar-refractivity contribution < 1.29 is 19.8 Å². The number of benzene rings is 2. The average Bonchev–Trinajstić information content (AvgIpc) is 2.55. The highest BCUT2D eigenvalue weighted by Crippen LogP contribution is 2.07. The fraction of sp³-hybridized carbons (Fsp3) is 0.125. The maximum atomic E-state index is 10.5. The highest BCUT2D eigenvalue weighted by atomic mass is 16.4. The van der Waals surface area contributed by atoms with Crippen molar-refractivity contribution in [2.24, 2.45) is 11.5 Å². The van der Waals surface area contributed by atoms with E-state index in [0.29, 0.717) is 11.1 Å². The first-order valence-electron chi connectivity index (χ1n) is 6.53. The van der Waals surface area contributed by atoms with Gasteiger partial charge in [0.15, 0.2) is 0 Å². The van der Waals surface area contributed by atoms with E-state index < -0.39 is 11.9 Å². The fourth-order valence-corrected chi connectivity index (χ4v) is 1.81. The second-order valence-electron chi connectivity index (χ2n) is 4.33. The van der Waals surface area contributed by atoms with Crippen LogP contribution in [0.1, 0.15) is 31.8 Å². The maximum absolute atomic E-state index is 10.5. The summed E-state index contributed by atoms with van der Waals surface area (Å²) < 4.78 is 0. The summed E-state index contributed by atoms with van der Waals surface area (Å²) in [6.45, 7) is 0.533. The van der Waals surface area contributed by atoms with Crippen LogP contribution < -0.4 is 11.5 Å². The SMILES string of the molecule is NCc1ccccc1C(=O)O.NCc1ccccc1C(=O)O. The third-order valence-electron chi connectivity index (χ3n) is 2.94. The molecule has 0 aliphatic carbocycles. The third kappa shape index (κ3) is 4.69. The zero-order valence-corrected chi connectivity index (χ0v) is 11.9. The number of nitrogens with two attached hydrogens (primary N) is 2. The molecular weight excluding hydrogens is 284 g/mol. The molecule has 0 saturated heterocycles. The Bertz CT molecular complexity index is 599. The van der Waals surface area contributed by atoms with E-state index in [4.69, 9.17) is 21.7 Å². The van der Waals surface area contributed by atoms with E-state index in [1.165, 1.54) is 0 Å². The molecule has 0 fully saturated rings. The first kappa shape index (κ1) is 17.4. The molecule has 0 aromatic heterocycles. The van der Waals surface area contributed by atoms with Crippen molar-refractivity contribution in [1.82, 2.24) is 0 Å². The summed E-state index contributed by atoms with van der Waals surface area (Å²) in [6, 6.07) is 13.4. The molecule has 6 N–H and O–H groups in total. The third-order valence-corrected chi connectivity index (χ3v) is 2.94. The van der Waals surface area contributed by atoms with Crippen LogP contribution in [-0.2, 0) is 13.1 Å². The van der Waals surface area contributed by atoms with E-state index in [1.807, 2.05) is 0 Å². The first-order chi connectivity index (χ1) is 10.5. The van der Waals surface area contributed by atoms with E-state index in [-0.39, 0.29) is 24.2 Å². The van der Waals surface area contributed by atoms with Crippen LogP contribution in [-0.4, -0.2) is 22.2 Å². The molecule has 0 saturated carbocycles. The highest BCUT2D eigenvalue weighted by molar-refractivity contribution is 5.89. The lowest BCUT2D eigenvalue weighted by Crippen LogP contribution is -2.05. The molecule has 116 valence electrons. The Morgan fingerprint density at radius 2 is 1.05 bits per heavy atom. The van der Waals surface area contributed by atoms with Gasteiger partial charge in [0, 0.05) is 13.1 Å². The Morgan fingerprint density at radius 3 is 1.27 bits per heavy atom. The molecular formula is C16H18N2O4. The molecule has 0 aliphatic rings. The molecule has 0 bridgehead atoms. The lowest BCUT2D eigenvalue weighted by molar-refractivity contribution is 0.0685. The van der Waals surface area contributed by atoms with Gasteiger partial charge >= 0.3 is 11.9 Å². The smallest absolute Gasteiger partial charge is 0.336 e. The van der Waals surface area contributed by atoms with Crippen molar-refractivity contribution >= 4 is 11.9 Å². The standard InChI is InChI=1S/2C8H9NO2/c2*9-5-6-3-1-2-4-7(6)8(10)11/h2*1-4H,5,9H2,(H,10,11). The fourth-order valence-electron chi connectivity index (χ4n) is 1.81. The van der Waals surface area contributed by atoms with E-state index in [9.17, 15) is 9.59 Å². The highest BCUT2D eigenvalue weighted by Gasteiger charge is 2.06. The predicted octanol–water partition coefficient (Wildman–Crippen LogP) is 1.69. The number of hydrogen-bond acceptors (Lipinski definition) is 4. The predicted molar refractivity (Wildman–Crippen MR) is 82.6 cm³/mol. The van der Waals surface area contributed by atoms with Crippen molar-refractivity contribution in [3.05, 3.63) is 70.8 Å². The summed E-state index contributed by atoms with van der Waals surface area (Å²) in [6.07, 6.45) is 0. The van der Waals surface area contributed by atoms with Gasteiger partial charge in [-0.15, -0.1) is 0 Å². The molecule has 2 aromatic rings. The number of carboxylic acid groups (broad SMARTS) is 2. The summed E-state index contributed by atoms with van der Waals surface area (Å²) in [5.41, 5.74) is 12.6. The van der Waals surface area contributed by atoms with Gasteiger partial charge in [0.25, 0.3) is 0 Å². The lowest BCUT2D eigenvalue weighted by atomic mass is 10.1. The van der Waals surface area contributed by atoms with E-state index in [0.717, 1.165) is 0 Å². The molecule has 2 aromatic carbocycles. The number of aromatic carboxylic acids is 2. The summed E-state index contributed by atoms with van der Waals surface area (Å²) in [5, 5.41) is 17.3. The van der Waals surface area contributed by atoms with Crippen molar-refractivity contribution in [2.45, 2.75) is 13.1 Å². The Morgan fingerprint density at radius 1 is 0.727 bits per heavy atom. The number of rotatable bonds is 4. The van der Waals surface area contributed by atoms with Crippen molar-refractivity contribution in [1.29, 1.82) is 0 Å². The molecule has 6 heteroatoms. The van der Waals surface area contributed by atoms with E-state index >= 15 is 0 Å². The monoisotopic (exact) mass is 302 g/mol. The van der Waals surface area contributed by atoms with Gasteiger partial charge in [-0.3, -0.25) is 0 Å². The van der Waals surface area contributed by atoms with Gasteiger partial charge in [-0.2, -0.15) is 0 Å². The van der Waals surface area contributed by atoms with Crippen LogP contribution in [0.15, 0.2) is 48.5 Å². The summed E-state index contributed by atoms with van der Waals surface area (Å²) in [4.78, 5) is 21.1. The second-order valence-corrected chi connectivity index (χ2v) is 4.33. The van der Waals surface area contributed by atoms with E-state index in [1.54, 1.807) is 48.5 Å². The molecule has 0 spiro atoms. The van der Waals surface area contributed by atoms with Gasteiger partial charge < -0.3 is 21.7 Å². The average molecular weight is 302 g/mol. The minimum Gasteiger partial charge on any atom is -0.478 e. The molecule has 2 rings (SSSR count).